The van der Waals surface area contributed by atoms with E-state index >= 15 is 0 Å². The van der Waals surface area contributed by atoms with Crippen molar-refractivity contribution in [1.29, 1.82) is 0 Å². The normalized spacial score (nSPS) is 10.3. The van der Waals surface area contributed by atoms with E-state index in [-0.39, 0.29) is 0 Å². The van der Waals surface area contributed by atoms with Crippen LogP contribution in [0.2, 0.25) is 0 Å². The van der Waals surface area contributed by atoms with Gasteiger partial charge in [0.1, 0.15) is 0 Å². The molecular formula is C12H11BrN2O3. The van der Waals surface area contributed by atoms with Crippen LogP contribution in [0.3, 0.4) is 0 Å². The van der Waals surface area contributed by atoms with Gasteiger partial charge in [-0.05, 0) is 31.2 Å². The number of carboxylic acid groups (broad SMARTS) is 1. The number of hydrogen-bond acceptors (Lipinski definition) is 3. The molecule has 2 aromatic rings. The second-order valence-electron chi connectivity index (χ2n) is 3.69. The number of nitrogens with zero attached hydrogens (tertiary/aromatic N) is 2. The van der Waals surface area contributed by atoms with Crippen molar-refractivity contribution < 1.29 is 14.6 Å². The topological polar surface area (TPSA) is 64.3 Å². The second kappa shape index (κ2) is 5.22. The monoisotopic (exact) mass is 310 g/mol. The van der Waals surface area contributed by atoms with E-state index in [4.69, 9.17) is 9.84 Å². The summed E-state index contributed by atoms with van der Waals surface area (Å²) in [5.74, 6) is -0.719. The third kappa shape index (κ3) is 2.89. The molecule has 1 aromatic carbocycles. The number of halogens is 1. The van der Waals surface area contributed by atoms with Crippen LogP contribution in [0, 0.1) is 6.92 Å². The van der Waals surface area contributed by atoms with Crippen molar-refractivity contribution in [3.63, 3.8) is 0 Å². The zero-order valence-electron chi connectivity index (χ0n) is 9.63. The first-order valence-corrected chi connectivity index (χ1v) is 6.03. The number of carbonyl (C=O) groups is 1. The van der Waals surface area contributed by atoms with Gasteiger partial charge < -0.3 is 9.84 Å². The van der Waals surface area contributed by atoms with Crippen LogP contribution in [0.15, 0.2) is 34.8 Å². The van der Waals surface area contributed by atoms with E-state index in [1.807, 2.05) is 31.2 Å². The quantitative estimate of drug-likeness (QED) is 0.942. The first-order chi connectivity index (χ1) is 8.56. The zero-order valence-corrected chi connectivity index (χ0v) is 11.2. The van der Waals surface area contributed by atoms with Gasteiger partial charge in [-0.2, -0.15) is 0 Å². The highest BCUT2D eigenvalue weighted by molar-refractivity contribution is 9.10. The molecule has 0 aliphatic carbocycles. The molecule has 0 bridgehead atoms. The molecule has 0 fully saturated rings. The second-order valence-corrected chi connectivity index (χ2v) is 4.61. The molecule has 2 rings (SSSR count). The molecular weight excluding hydrogens is 300 g/mol. The average Bonchev–Trinajstić information content (AvgIpc) is 2.69. The molecule has 6 heteroatoms. The maximum absolute atomic E-state index is 10.4. The number of aliphatic carboxylic acids is 1. The summed E-state index contributed by atoms with van der Waals surface area (Å²) in [6.45, 7) is 1.49. The maximum atomic E-state index is 10.4. The average molecular weight is 311 g/mol. The molecule has 18 heavy (non-hydrogen) atoms. The number of hydrogen-bond donors (Lipinski definition) is 1. The summed E-state index contributed by atoms with van der Waals surface area (Å²) in [6, 6.07) is 9.34. The van der Waals surface area contributed by atoms with E-state index in [1.54, 1.807) is 10.7 Å². The SMILES string of the molecule is Cc1cc(OCC(=O)O)nn1-c1ccc(Br)cc1. The van der Waals surface area contributed by atoms with Crippen LogP contribution < -0.4 is 4.74 Å². The first kappa shape index (κ1) is 12.6. The molecule has 0 aliphatic rings. The van der Waals surface area contributed by atoms with Gasteiger partial charge in [0.2, 0.25) is 5.88 Å². The molecule has 0 unspecified atom stereocenters. The molecule has 94 valence electrons. The number of ether oxygens (including phenoxy) is 1. The molecule has 0 amide bonds. The Kier molecular flexibility index (Phi) is 3.66. The third-order valence-corrected chi connectivity index (χ3v) is 2.81. The van der Waals surface area contributed by atoms with Gasteiger partial charge in [0.25, 0.3) is 0 Å². The van der Waals surface area contributed by atoms with Gasteiger partial charge in [0, 0.05) is 16.2 Å². The lowest BCUT2D eigenvalue weighted by Crippen LogP contribution is -2.09. The minimum Gasteiger partial charge on any atom is -0.479 e. The van der Waals surface area contributed by atoms with E-state index < -0.39 is 12.6 Å². The van der Waals surface area contributed by atoms with E-state index in [0.717, 1.165) is 15.9 Å². The van der Waals surface area contributed by atoms with Gasteiger partial charge >= 0.3 is 5.97 Å². The zero-order chi connectivity index (χ0) is 13.1. The van der Waals surface area contributed by atoms with Crippen molar-refractivity contribution in [2.75, 3.05) is 6.61 Å². The van der Waals surface area contributed by atoms with Crippen LogP contribution in [0.5, 0.6) is 5.88 Å². The molecule has 1 heterocycles. The van der Waals surface area contributed by atoms with Crippen LogP contribution in [0.1, 0.15) is 5.69 Å². The Morgan fingerprint density at radius 3 is 2.72 bits per heavy atom. The fourth-order valence-corrected chi connectivity index (χ4v) is 1.76. The molecule has 0 radical (unpaired) electrons. The Morgan fingerprint density at radius 2 is 2.11 bits per heavy atom. The van der Waals surface area contributed by atoms with Crippen LogP contribution >= 0.6 is 15.9 Å². The molecule has 1 N–H and O–H groups in total. The van der Waals surface area contributed by atoms with E-state index in [2.05, 4.69) is 21.0 Å². The van der Waals surface area contributed by atoms with Crippen molar-refractivity contribution in [3.05, 3.63) is 40.5 Å². The summed E-state index contributed by atoms with van der Waals surface area (Å²) in [5.41, 5.74) is 1.76. The highest BCUT2D eigenvalue weighted by Crippen LogP contribution is 2.18. The van der Waals surface area contributed by atoms with E-state index in [9.17, 15) is 4.79 Å². The lowest BCUT2D eigenvalue weighted by molar-refractivity contribution is -0.139. The standard InChI is InChI=1S/C12H11BrN2O3/c1-8-6-11(18-7-12(16)17)14-15(8)10-4-2-9(13)3-5-10/h2-6H,7H2,1H3,(H,16,17). The van der Waals surface area contributed by atoms with Crippen molar-refractivity contribution in [3.8, 4) is 11.6 Å². The minimum atomic E-state index is -1.02. The third-order valence-electron chi connectivity index (χ3n) is 2.28. The lowest BCUT2D eigenvalue weighted by atomic mass is 10.3. The smallest absolute Gasteiger partial charge is 0.341 e. The molecule has 0 aliphatic heterocycles. The van der Waals surface area contributed by atoms with Crippen molar-refractivity contribution in [2.45, 2.75) is 6.92 Å². The fraction of sp³-hybridized carbons (Fsp3) is 0.167. The number of aryl methyl sites for hydroxylation is 1. The lowest BCUT2D eigenvalue weighted by Gasteiger charge is -2.03. The van der Waals surface area contributed by atoms with Crippen LogP contribution in [-0.4, -0.2) is 27.5 Å². The summed E-state index contributed by atoms with van der Waals surface area (Å²) < 4.78 is 7.72. The van der Waals surface area contributed by atoms with Gasteiger partial charge in [-0.1, -0.05) is 15.9 Å². The maximum Gasteiger partial charge on any atom is 0.341 e. The predicted molar refractivity (Wildman–Crippen MR) is 69.1 cm³/mol. The molecule has 0 saturated carbocycles. The minimum absolute atomic E-state index is 0.304. The summed E-state index contributed by atoms with van der Waals surface area (Å²) in [4.78, 5) is 10.4. The van der Waals surface area contributed by atoms with Gasteiger partial charge in [0.15, 0.2) is 6.61 Å². The molecule has 0 spiro atoms. The van der Waals surface area contributed by atoms with Crippen molar-refractivity contribution >= 4 is 21.9 Å². The largest absolute Gasteiger partial charge is 0.479 e. The summed E-state index contributed by atoms with van der Waals surface area (Å²) in [6.07, 6.45) is 0. The van der Waals surface area contributed by atoms with Crippen LogP contribution in [0.4, 0.5) is 0 Å². The number of carboxylic acids is 1. The number of rotatable bonds is 4. The molecule has 1 aromatic heterocycles. The Morgan fingerprint density at radius 1 is 1.44 bits per heavy atom. The van der Waals surface area contributed by atoms with Gasteiger partial charge in [0.05, 0.1) is 5.69 Å². The highest BCUT2D eigenvalue weighted by atomic mass is 79.9. The van der Waals surface area contributed by atoms with Gasteiger partial charge in [-0.3, -0.25) is 0 Å². The van der Waals surface area contributed by atoms with Crippen LogP contribution in [0.25, 0.3) is 5.69 Å². The first-order valence-electron chi connectivity index (χ1n) is 5.23. The summed E-state index contributed by atoms with van der Waals surface area (Å²) in [7, 11) is 0. The Balaban J connectivity index is 2.23. The number of aromatic nitrogens is 2. The van der Waals surface area contributed by atoms with E-state index in [0.29, 0.717) is 5.88 Å². The Bertz CT molecular complexity index is 563. The molecule has 0 atom stereocenters. The van der Waals surface area contributed by atoms with Gasteiger partial charge in [-0.25, -0.2) is 9.48 Å². The van der Waals surface area contributed by atoms with Crippen molar-refractivity contribution in [2.24, 2.45) is 0 Å². The summed E-state index contributed by atoms with van der Waals surface area (Å²) in [5, 5.41) is 12.7. The molecule has 0 saturated heterocycles. The highest BCUT2D eigenvalue weighted by Gasteiger charge is 2.08. The number of benzene rings is 1. The Hall–Kier alpha value is -1.82. The predicted octanol–water partition coefficient (Wildman–Crippen LogP) is 2.41. The van der Waals surface area contributed by atoms with Crippen LogP contribution in [-0.2, 0) is 4.79 Å². The van der Waals surface area contributed by atoms with Gasteiger partial charge in [-0.15, -0.1) is 5.10 Å². The van der Waals surface area contributed by atoms with E-state index in [1.165, 1.54) is 0 Å². The van der Waals surface area contributed by atoms with Crippen molar-refractivity contribution in [1.82, 2.24) is 9.78 Å². The summed E-state index contributed by atoms with van der Waals surface area (Å²) >= 11 is 3.36. The fourth-order valence-electron chi connectivity index (χ4n) is 1.50. The molecule has 5 nitrogen and oxygen atoms in total. The Labute approximate surface area is 112 Å².